The van der Waals surface area contributed by atoms with Crippen molar-refractivity contribution in [3.63, 3.8) is 0 Å². The van der Waals surface area contributed by atoms with Crippen LogP contribution in [-0.4, -0.2) is 44.7 Å². The molecule has 1 fully saturated rings. The molecule has 1 aliphatic heterocycles. The van der Waals surface area contributed by atoms with E-state index in [-0.39, 0.29) is 6.09 Å². The van der Waals surface area contributed by atoms with Crippen LogP contribution in [0.5, 0.6) is 0 Å². The standard InChI is InChI=1S/C22H30F2N2O3S/c1-20(2,3)29-19(27)26-9-7-22(8-10-26)13-14-11-16(23)17(24)12-15(14)18(22)25-30(28)21(4,5)6/h11-12H,7-10,13H2,1-6H3. The fourth-order valence-electron chi connectivity index (χ4n) is 3.91. The number of amides is 1. The fraction of sp³-hybridized carbons (Fsp3) is 0.636. The molecule has 0 bridgehead atoms. The van der Waals surface area contributed by atoms with Gasteiger partial charge in [0.05, 0.1) is 0 Å². The molecule has 1 atom stereocenters. The summed E-state index contributed by atoms with van der Waals surface area (Å²) in [6, 6.07) is 2.38. The van der Waals surface area contributed by atoms with Crippen LogP contribution in [0.1, 0.15) is 65.5 Å². The molecule has 1 aromatic carbocycles. The van der Waals surface area contributed by atoms with Gasteiger partial charge in [0.1, 0.15) is 27.4 Å². The lowest BCUT2D eigenvalue weighted by Crippen LogP contribution is -2.47. The van der Waals surface area contributed by atoms with Gasteiger partial charge in [-0.15, -0.1) is 0 Å². The summed E-state index contributed by atoms with van der Waals surface area (Å²) in [5.41, 5.74) is 0.679. The lowest BCUT2D eigenvalue weighted by molar-refractivity contribution is 0.0159. The number of carbonyl (C=O) groups excluding carboxylic acids is 1. The first-order valence-corrected chi connectivity index (χ1v) is 11.3. The van der Waals surface area contributed by atoms with Crippen LogP contribution in [-0.2, 0) is 22.5 Å². The highest BCUT2D eigenvalue weighted by molar-refractivity contribution is 7.91. The smallest absolute Gasteiger partial charge is 0.410 e. The summed E-state index contributed by atoms with van der Waals surface area (Å²) < 4.78 is 50.1. The highest BCUT2D eigenvalue weighted by Crippen LogP contribution is 2.46. The SMILES string of the molecule is CC(C)(C)OC(=O)N1CCC2(CC1)Cc1cc(F)c(F)cc1C2=N[S+]([O-])C(C)(C)C. The maximum Gasteiger partial charge on any atom is 0.410 e. The Bertz CT molecular complexity index is 866. The molecule has 166 valence electrons. The van der Waals surface area contributed by atoms with Gasteiger partial charge in [-0.3, -0.25) is 0 Å². The van der Waals surface area contributed by atoms with Crippen molar-refractivity contribution in [2.24, 2.45) is 9.81 Å². The molecule has 30 heavy (non-hydrogen) atoms. The number of fused-ring (bicyclic) bond motifs is 1. The van der Waals surface area contributed by atoms with Crippen LogP contribution < -0.4 is 0 Å². The van der Waals surface area contributed by atoms with Crippen LogP contribution in [0, 0.1) is 17.0 Å². The second-order valence-corrected chi connectivity index (χ2v) is 12.1. The van der Waals surface area contributed by atoms with Crippen LogP contribution in [0.4, 0.5) is 13.6 Å². The van der Waals surface area contributed by atoms with Gasteiger partial charge in [-0.2, -0.15) is 0 Å². The molecule has 5 nitrogen and oxygen atoms in total. The second kappa shape index (κ2) is 7.79. The molecule has 0 saturated carbocycles. The Hall–Kier alpha value is -1.67. The Morgan fingerprint density at radius 3 is 2.23 bits per heavy atom. The van der Waals surface area contributed by atoms with E-state index in [1.807, 2.05) is 41.5 Å². The average Bonchev–Trinajstić information content (AvgIpc) is 2.86. The fourth-order valence-corrected chi connectivity index (χ4v) is 4.64. The first-order valence-electron chi connectivity index (χ1n) is 10.2. The molecular weight excluding hydrogens is 410 g/mol. The van der Waals surface area contributed by atoms with Crippen LogP contribution in [0.15, 0.2) is 16.5 Å². The zero-order valence-electron chi connectivity index (χ0n) is 18.5. The maximum atomic E-state index is 14.0. The normalized spacial score (nSPS) is 21.1. The summed E-state index contributed by atoms with van der Waals surface area (Å²) >= 11 is -1.54. The summed E-state index contributed by atoms with van der Waals surface area (Å²) in [6.45, 7) is 11.8. The van der Waals surface area contributed by atoms with Gasteiger partial charge in [-0.1, -0.05) is 4.40 Å². The number of hydrogen-bond acceptors (Lipinski definition) is 4. The van der Waals surface area contributed by atoms with Gasteiger partial charge in [0.25, 0.3) is 0 Å². The van der Waals surface area contributed by atoms with E-state index in [9.17, 15) is 18.1 Å². The number of benzene rings is 1. The molecule has 3 rings (SSSR count). The van der Waals surface area contributed by atoms with Crippen molar-refractivity contribution < 1.29 is 22.9 Å². The Morgan fingerprint density at radius 2 is 1.70 bits per heavy atom. The van der Waals surface area contributed by atoms with Crippen molar-refractivity contribution in [1.29, 1.82) is 0 Å². The largest absolute Gasteiger partial charge is 0.591 e. The van der Waals surface area contributed by atoms with E-state index in [0.717, 1.165) is 0 Å². The minimum absolute atomic E-state index is 0.373. The van der Waals surface area contributed by atoms with Crippen molar-refractivity contribution in [2.75, 3.05) is 13.1 Å². The number of likely N-dealkylation sites (tertiary alicyclic amines) is 1. The Morgan fingerprint density at radius 1 is 1.13 bits per heavy atom. The van der Waals surface area contributed by atoms with Gasteiger partial charge in [-0.25, -0.2) is 13.6 Å². The third-order valence-electron chi connectivity index (χ3n) is 5.50. The van der Waals surface area contributed by atoms with Crippen molar-refractivity contribution in [3.05, 3.63) is 34.9 Å². The summed E-state index contributed by atoms with van der Waals surface area (Å²) in [4.78, 5) is 14.1. The number of halogens is 2. The van der Waals surface area contributed by atoms with E-state index >= 15 is 0 Å². The highest BCUT2D eigenvalue weighted by atomic mass is 32.2. The Kier molecular flexibility index (Phi) is 5.97. The van der Waals surface area contributed by atoms with Crippen molar-refractivity contribution in [2.45, 2.75) is 71.2 Å². The third-order valence-corrected chi connectivity index (χ3v) is 6.90. The van der Waals surface area contributed by atoms with Crippen molar-refractivity contribution in [1.82, 2.24) is 4.90 Å². The topological polar surface area (TPSA) is 65.0 Å². The molecule has 8 heteroatoms. The summed E-state index contributed by atoms with van der Waals surface area (Å²) in [6.07, 6.45) is 1.23. The number of carbonyl (C=O) groups is 1. The van der Waals surface area contributed by atoms with E-state index in [1.165, 1.54) is 12.1 Å². The van der Waals surface area contributed by atoms with Gasteiger partial charge in [0.15, 0.2) is 11.6 Å². The molecule has 1 heterocycles. The average molecular weight is 441 g/mol. The van der Waals surface area contributed by atoms with Gasteiger partial charge in [0, 0.05) is 24.1 Å². The molecule has 0 aromatic heterocycles. The van der Waals surface area contributed by atoms with E-state index in [4.69, 9.17) is 4.74 Å². The van der Waals surface area contributed by atoms with Gasteiger partial charge < -0.3 is 14.2 Å². The monoisotopic (exact) mass is 440 g/mol. The number of nitrogens with zero attached hydrogens (tertiary/aromatic N) is 2. The van der Waals surface area contributed by atoms with Gasteiger partial charge in [0.2, 0.25) is 0 Å². The Labute approximate surface area is 180 Å². The molecule has 0 N–H and O–H groups in total. The molecule has 1 spiro atoms. The minimum atomic E-state index is -1.54. The number of rotatable bonds is 1. The number of hydrogen-bond donors (Lipinski definition) is 0. The zero-order valence-corrected chi connectivity index (χ0v) is 19.3. The van der Waals surface area contributed by atoms with Crippen LogP contribution in [0.3, 0.4) is 0 Å². The maximum absolute atomic E-state index is 14.0. The summed E-state index contributed by atoms with van der Waals surface area (Å²) in [5, 5.41) is 0. The lowest BCUT2D eigenvalue weighted by Gasteiger charge is -2.39. The Balaban J connectivity index is 1.92. The molecular formula is C22H30F2N2O3S. The first-order chi connectivity index (χ1) is 13.7. The van der Waals surface area contributed by atoms with Crippen LogP contribution in [0.25, 0.3) is 0 Å². The molecule has 2 aliphatic rings. The third kappa shape index (κ3) is 4.64. The molecule has 1 unspecified atom stereocenters. The van der Waals surface area contributed by atoms with Crippen molar-refractivity contribution >= 4 is 23.2 Å². The molecule has 0 radical (unpaired) electrons. The first kappa shape index (κ1) is 23.0. The predicted molar refractivity (Wildman–Crippen MR) is 114 cm³/mol. The van der Waals surface area contributed by atoms with Gasteiger partial charge >= 0.3 is 6.09 Å². The van der Waals surface area contributed by atoms with Crippen LogP contribution >= 0.6 is 0 Å². The van der Waals surface area contributed by atoms with E-state index < -0.39 is 38.8 Å². The molecule has 1 aromatic rings. The molecule has 1 saturated heterocycles. The molecule has 1 aliphatic carbocycles. The summed E-state index contributed by atoms with van der Waals surface area (Å²) in [7, 11) is 0. The second-order valence-electron chi connectivity index (χ2n) is 10.1. The number of piperidine rings is 1. The molecule has 1 amide bonds. The number of ether oxygens (including phenoxy) is 1. The van der Waals surface area contributed by atoms with E-state index in [1.54, 1.807) is 4.90 Å². The quantitative estimate of drug-likeness (QED) is 0.590. The predicted octanol–water partition coefficient (Wildman–Crippen LogP) is 4.79. The minimum Gasteiger partial charge on any atom is -0.591 e. The van der Waals surface area contributed by atoms with Crippen molar-refractivity contribution in [3.8, 4) is 0 Å². The lowest BCUT2D eigenvalue weighted by atomic mass is 9.74. The van der Waals surface area contributed by atoms with E-state index in [0.29, 0.717) is 49.2 Å². The van der Waals surface area contributed by atoms with Crippen LogP contribution in [0.2, 0.25) is 0 Å². The zero-order chi connectivity index (χ0) is 22.5. The highest BCUT2D eigenvalue weighted by Gasteiger charge is 2.48. The summed E-state index contributed by atoms with van der Waals surface area (Å²) in [5.74, 6) is -1.83. The van der Waals surface area contributed by atoms with E-state index in [2.05, 4.69) is 4.40 Å². The van der Waals surface area contributed by atoms with Gasteiger partial charge in [-0.05, 0) is 78.5 Å².